The molecule has 0 unspecified atom stereocenters. The van der Waals surface area contributed by atoms with E-state index in [0.29, 0.717) is 11.3 Å². The molecule has 0 spiro atoms. The Kier molecular flexibility index (Phi) is 7.62. The van der Waals surface area contributed by atoms with Crippen LogP contribution in [0.15, 0.2) is 72.2 Å². The molecule has 1 aromatic heterocycles. The summed E-state index contributed by atoms with van der Waals surface area (Å²) < 4.78 is 5.39. The SMILES string of the molecule is C=CC/C=C\C(OC)=C(/C=C(C)C)C(=O)Cc1ccccn1. The van der Waals surface area contributed by atoms with Crippen molar-refractivity contribution in [2.75, 3.05) is 7.11 Å². The highest BCUT2D eigenvalue weighted by atomic mass is 16.5. The van der Waals surface area contributed by atoms with E-state index < -0.39 is 0 Å². The molecule has 1 rings (SSSR count). The Hall–Kier alpha value is -2.42. The summed E-state index contributed by atoms with van der Waals surface area (Å²) in [7, 11) is 1.57. The molecule has 0 radical (unpaired) electrons. The molecule has 0 aromatic carbocycles. The molecule has 0 amide bonds. The van der Waals surface area contributed by atoms with Crippen LogP contribution in [-0.4, -0.2) is 17.9 Å². The number of carbonyl (C=O) groups excluding carboxylic acids is 1. The van der Waals surface area contributed by atoms with Crippen LogP contribution in [-0.2, 0) is 16.0 Å². The third kappa shape index (κ3) is 5.92. The van der Waals surface area contributed by atoms with Crippen LogP contribution < -0.4 is 0 Å². The van der Waals surface area contributed by atoms with Gasteiger partial charge in [0.2, 0.25) is 0 Å². The van der Waals surface area contributed by atoms with Crippen LogP contribution in [0.1, 0.15) is 26.0 Å². The van der Waals surface area contributed by atoms with E-state index in [2.05, 4.69) is 11.6 Å². The molecule has 3 nitrogen and oxygen atoms in total. The average Bonchev–Trinajstić information content (AvgIpc) is 2.50. The van der Waals surface area contributed by atoms with Crippen LogP contribution in [0.3, 0.4) is 0 Å². The Balaban J connectivity index is 3.12. The van der Waals surface area contributed by atoms with Gasteiger partial charge in [0, 0.05) is 11.9 Å². The van der Waals surface area contributed by atoms with Gasteiger partial charge in [-0.1, -0.05) is 23.8 Å². The maximum atomic E-state index is 12.6. The summed E-state index contributed by atoms with van der Waals surface area (Å²) in [5.74, 6) is 0.545. The molecular formula is C19H23NO2. The monoisotopic (exact) mass is 297 g/mol. The van der Waals surface area contributed by atoms with E-state index in [1.165, 1.54) is 0 Å². The number of ketones is 1. The summed E-state index contributed by atoms with van der Waals surface area (Å²) in [6.07, 6.45) is 10.0. The molecule has 0 aliphatic heterocycles. The Labute approximate surface area is 132 Å². The van der Waals surface area contributed by atoms with Gasteiger partial charge in [0.25, 0.3) is 0 Å². The first kappa shape index (κ1) is 17.6. The van der Waals surface area contributed by atoms with Crippen molar-refractivity contribution in [1.82, 2.24) is 4.98 Å². The van der Waals surface area contributed by atoms with Crippen molar-refractivity contribution < 1.29 is 9.53 Å². The molecular weight excluding hydrogens is 274 g/mol. The molecule has 1 aromatic rings. The smallest absolute Gasteiger partial charge is 0.172 e. The molecule has 1 heterocycles. The first-order valence-corrected chi connectivity index (χ1v) is 7.22. The fourth-order valence-electron chi connectivity index (χ4n) is 1.88. The molecule has 0 saturated carbocycles. The molecule has 22 heavy (non-hydrogen) atoms. The van der Waals surface area contributed by atoms with Crippen molar-refractivity contribution >= 4 is 5.78 Å². The van der Waals surface area contributed by atoms with Crippen molar-refractivity contribution in [2.24, 2.45) is 0 Å². The molecule has 3 heteroatoms. The summed E-state index contributed by atoms with van der Waals surface area (Å²) >= 11 is 0. The second kappa shape index (κ2) is 9.50. The molecule has 0 aliphatic rings. The number of Topliss-reactive ketones (excluding diaryl/α,β-unsaturated/α-hetero) is 1. The number of allylic oxidation sites excluding steroid dienone is 6. The number of carbonyl (C=O) groups is 1. The summed E-state index contributed by atoms with van der Waals surface area (Å²) in [6, 6.07) is 5.55. The van der Waals surface area contributed by atoms with Crippen molar-refractivity contribution in [1.29, 1.82) is 0 Å². The van der Waals surface area contributed by atoms with Crippen LogP contribution in [0.25, 0.3) is 0 Å². The van der Waals surface area contributed by atoms with Gasteiger partial charge < -0.3 is 4.74 Å². The number of methoxy groups -OCH3 is 1. The first-order chi connectivity index (χ1) is 10.6. The number of aromatic nitrogens is 1. The van der Waals surface area contributed by atoms with Gasteiger partial charge in [-0.15, -0.1) is 6.58 Å². The highest BCUT2D eigenvalue weighted by molar-refractivity contribution is 6.00. The van der Waals surface area contributed by atoms with Gasteiger partial charge in [-0.3, -0.25) is 9.78 Å². The molecule has 0 saturated heterocycles. The van der Waals surface area contributed by atoms with Crippen LogP contribution in [0, 0.1) is 0 Å². The second-order valence-electron chi connectivity index (χ2n) is 5.05. The molecule has 116 valence electrons. The Morgan fingerprint density at radius 1 is 1.36 bits per heavy atom. The van der Waals surface area contributed by atoms with Crippen LogP contribution in [0.2, 0.25) is 0 Å². The third-order valence-corrected chi connectivity index (χ3v) is 2.86. The highest BCUT2D eigenvalue weighted by Gasteiger charge is 2.14. The van der Waals surface area contributed by atoms with Gasteiger partial charge in [0.15, 0.2) is 5.78 Å². The molecule has 0 N–H and O–H groups in total. The van der Waals surface area contributed by atoms with Crippen LogP contribution in [0.4, 0.5) is 0 Å². The molecule has 0 fully saturated rings. The summed E-state index contributed by atoms with van der Waals surface area (Å²) in [6.45, 7) is 7.58. The Bertz CT molecular complexity index is 591. The second-order valence-corrected chi connectivity index (χ2v) is 5.05. The Morgan fingerprint density at radius 2 is 2.14 bits per heavy atom. The number of hydrogen-bond acceptors (Lipinski definition) is 3. The minimum absolute atomic E-state index is 0.0139. The maximum Gasteiger partial charge on any atom is 0.172 e. The zero-order chi connectivity index (χ0) is 16.4. The van der Waals surface area contributed by atoms with E-state index in [-0.39, 0.29) is 12.2 Å². The fourth-order valence-corrected chi connectivity index (χ4v) is 1.88. The summed E-state index contributed by atoms with van der Waals surface area (Å²) in [4.78, 5) is 16.8. The normalized spacial score (nSPS) is 11.8. The predicted molar refractivity (Wildman–Crippen MR) is 90.4 cm³/mol. The van der Waals surface area contributed by atoms with Gasteiger partial charge in [0.05, 0.1) is 19.1 Å². The van der Waals surface area contributed by atoms with E-state index in [1.54, 1.807) is 19.4 Å². The lowest BCUT2D eigenvalue weighted by Crippen LogP contribution is -2.09. The van der Waals surface area contributed by atoms with Gasteiger partial charge >= 0.3 is 0 Å². The van der Waals surface area contributed by atoms with Gasteiger partial charge in [-0.25, -0.2) is 0 Å². The highest BCUT2D eigenvalue weighted by Crippen LogP contribution is 2.15. The summed E-state index contributed by atoms with van der Waals surface area (Å²) in [5, 5.41) is 0. The minimum atomic E-state index is -0.0139. The van der Waals surface area contributed by atoms with Crippen molar-refractivity contribution in [3.8, 4) is 0 Å². The minimum Gasteiger partial charge on any atom is -0.496 e. The number of ether oxygens (including phenoxy) is 1. The number of rotatable bonds is 8. The molecule has 0 bridgehead atoms. The maximum absolute atomic E-state index is 12.6. The lowest BCUT2D eigenvalue weighted by Gasteiger charge is -2.08. The zero-order valence-corrected chi connectivity index (χ0v) is 13.5. The van der Waals surface area contributed by atoms with E-state index in [4.69, 9.17) is 4.74 Å². The lowest BCUT2D eigenvalue weighted by molar-refractivity contribution is -0.114. The van der Waals surface area contributed by atoms with Gasteiger partial charge in [-0.05, 0) is 44.6 Å². The lowest BCUT2D eigenvalue weighted by atomic mass is 10.0. The van der Waals surface area contributed by atoms with E-state index in [0.717, 1.165) is 17.7 Å². The van der Waals surface area contributed by atoms with Gasteiger partial charge in [0.1, 0.15) is 5.76 Å². The zero-order valence-electron chi connectivity index (χ0n) is 13.5. The third-order valence-electron chi connectivity index (χ3n) is 2.86. The standard InChI is InChI=1S/C19H23NO2/c1-5-6-7-11-19(22-4)17(13-15(2)3)18(21)14-16-10-8-9-12-20-16/h5,7-13H,1,6,14H2,2-4H3/b11-7-,19-17-. The molecule has 0 atom stereocenters. The predicted octanol–water partition coefficient (Wildman–Crippen LogP) is 4.19. The number of nitrogens with zero attached hydrogens (tertiary/aromatic N) is 1. The van der Waals surface area contributed by atoms with Crippen molar-refractivity contribution in [3.05, 3.63) is 77.9 Å². The summed E-state index contributed by atoms with van der Waals surface area (Å²) in [5.41, 5.74) is 2.35. The van der Waals surface area contributed by atoms with E-state index in [1.807, 2.05) is 50.3 Å². The van der Waals surface area contributed by atoms with Crippen LogP contribution in [0.5, 0.6) is 0 Å². The fraction of sp³-hybridized carbons (Fsp3) is 0.263. The van der Waals surface area contributed by atoms with Crippen molar-refractivity contribution in [3.63, 3.8) is 0 Å². The van der Waals surface area contributed by atoms with Crippen molar-refractivity contribution in [2.45, 2.75) is 26.7 Å². The van der Waals surface area contributed by atoms with Crippen LogP contribution >= 0.6 is 0 Å². The quantitative estimate of drug-likeness (QED) is 0.312. The molecule has 0 aliphatic carbocycles. The average molecular weight is 297 g/mol. The van der Waals surface area contributed by atoms with E-state index in [9.17, 15) is 4.79 Å². The number of pyridine rings is 1. The Morgan fingerprint density at radius 3 is 2.68 bits per heavy atom. The largest absolute Gasteiger partial charge is 0.496 e. The number of hydrogen-bond donors (Lipinski definition) is 0. The topological polar surface area (TPSA) is 39.2 Å². The first-order valence-electron chi connectivity index (χ1n) is 7.22. The van der Waals surface area contributed by atoms with Gasteiger partial charge in [-0.2, -0.15) is 0 Å². The van der Waals surface area contributed by atoms with E-state index >= 15 is 0 Å².